The van der Waals surface area contributed by atoms with E-state index in [2.05, 4.69) is 19.1 Å². The van der Waals surface area contributed by atoms with Crippen LogP contribution in [0.3, 0.4) is 0 Å². The number of aliphatic hydroxyl groups is 1. The molecule has 23 heavy (non-hydrogen) atoms. The molecule has 0 spiro atoms. The fourth-order valence-corrected chi connectivity index (χ4v) is 7.13. The first kappa shape index (κ1) is 15.9. The van der Waals surface area contributed by atoms with Gasteiger partial charge in [0.15, 0.2) is 0 Å². The van der Waals surface area contributed by atoms with Crippen LogP contribution in [0.2, 0.25) is 0 Å². The first-order valence-corrected chi connectivity index (χ1v) is 9.73. The molecule has 2 nitrogen and oxygen atoms in total. The molecule has 1 N–H and O–H groups in total. The molecular weight excluding hydrogens is 284 g/mol. The molecule has 0 aromatic rings. The van der Waals surface area contributed by atoms with Crippen LogP contribution < -0.4 is 0 Å². The van der Waals surface area contributed by atoms with E-state index >= 15 is 0 Å². The summed E-state index contributed by atoms with van der Waals surface area (Å²) in [6, 6.07) is 0. The third kappa shape index (κ3) is 2.35. The van der Waals surface area contributed by atoms with Crippen molar-refractivity contribution in [2.45, 2.75) is 71.3 Å². The Hall–Kier alpha value is -0.630. The Morgan fingerprint density at radius 3 is 2.48 bits per heavy atom. The molecule has 0 aromatic heterocycles. The summed E-state index contributed by atoms with van der Waals surface area (Å²) in [6.45, 7) is 6.18. The number of carbonyl (C=O) groups is 1. The first-order chi connectivity index (χ1) is 10.8. The summed E-state index contributed by atoms with van der Waals surface area (Å²) in [7, 11) is 0. The molecular formula is C21H32O2. The summed E-state index contributed by atoms with van der Waals surface area (Å²) in [6.07, 6.45) is 12.9. The maximum atomic E-state index is 12.1. The minimum atomic E-state index is -0.426. The monoisotopic (exact) mass is 316 g/mol. The van der Waals surface area contributed by atoms with Gasteiger partial charge in [0.25, 0.3) is 0 Å². The summed E-state index contributed by atoms with van der Waals surface area (Å²) in [5.41, 5.74) is -0.246. The Bertz CT molecular complexity index is 534. The maximum Gasteiger partial charge on any atom is 0.137 e. The minimum Gasteiger partial charge on any atom is -0.390 e. The van der Waals surface area contributed by atoms with E-state index in [9.17, 15) is 9.90 Å². The molecule has 4 aliphatic carbocycles. The lowest BCUT2D eigenvalue weighted by molar-refractivity contribution is -0.128. The standard InChI is InChI=1S/C21H32O2/c1-13(22)18-6-7-19-17-5-4-14-12-20(2,23)10-8-15(14)16(17)9-11-21(18,19)3/h6-7,14-19,23H,4-5,8-12H2,1-3H3/t14-,15+,16-,17-,18-,19+,20-,21-/m1/s1. The van der Waals surface area contributed by atoms with Crippen LogP contribution in [0.25, 0.3) is 0 Å². The maximum absolute atomic E-state index is 12.1. The topological polar surface area (TPSA) is 37.3 Å². The normalized spacial score (nSPS) is 55.0. The number of hydrogen-bond donors (Lipinski definition) is 1. The van der Waals surface area contributed by atoms with E-state index in [1.165, 1.54) is 32.1 Å². The Morgan fingerprint density at radius 1 is 1.00 bits per heavy atom. The van der Waals surface area contributed by atoms with E-state index in [0.29, 0.717) is 11.7 Å². The highest BCUT2D eigenvalue weighted by Gasteiger charge is 2.56. The zero-order chi connectivity index (χ0) is 16.4. The number of allylic oxidation sites excluding steroid dienone is 2. The van der Waals surface area contributed by atoms with E-state index in [1.807, 2.05) is 6.92 Å². The van der Waals surface area contributed by atoms with Gasteiger partial charge in [0.05, 0.1) is 5.60 Å². The molecule has 8 atom stereocenters. The van der Waals surface area contributed by atoms with Gasteiger partial charge in [-0.05, 0) is 93.8 Å². The fourth-order valence-electron chi connectivity index (χ4n) is 7.13. The van der Waals surface area contributed by atoms with Gasteiger partial charge in [0, 0.05) is 5.92 Å². The molecule has 3 saturated carbocycles. The van der Waals surface area contributed by atoms with E-state index in [0.717, 1.165) is 36.5 Å². The summed E-state index contributed by atoms with van der Waals surface area (Å²) < 4.78 is 0. The van der Waals surface area contributed by atoms with Crippen LogP contribution in [0.5, 0.6) is 0 Å². The molecule has 0 radical (unpaired) electrons. The molecule has 0 bridgehead atoms. The van der Waals surface area contributed by atoms with Crippen molar-refractivity contribution in [3.63, 3.8) is 0 Å². The van der Waals surface area contributed by atoms with Crippen molar-refractivity contribution in [1.29, 1.82) is 0 Å². The third-order valence-electron chi connectivity index (χ3n) is 8.19. The predicted molar refractivity (Wildman–Crippen MR) is 91.8 cm³/mol. The van der Waals surface area contributed by atoms with Crippen LogP contribution in [0.1, 0.15) is 65.7 Å². The van der Waals surface area contributed by atoms with Gasteiger partial charge in [-0.25, -0.2) is 0 Å². The van der Waals surface area contributed by atoms with E-state index < -0.39 is 5.60 Å². The Kier molecular flexibility index (Phi) is 3.58. The molecule has 0 aliphatic heterocycles. The van der Waals surface area contributed by atoms with E-state index in [1.54, 1.807) is 6.92 Å². The molecule has 0 saturated heterocycles. The molecule has 0 aromatic carbocycles. The fraction of sp³-hybridized carbons (Fsp3) is 0.857. The van der Waals surface area contributed by atoms with E-state index in [4.69, 9.17) is 0 Å². The zero-order valence-corrected chi connectivity index (χ0v) is 14.9. The van der Waals surface area contributed by atoms with Crippen molar-refractivity contribution in [3.05, 3.63) is 12.2 Å². The van der Waals surface area contributed by atoms with Crippen molar-refractivity contribution in [3.8, 4) is 0 Å². The van der Waals surface area contributed by atoms with Gasteiger partial charge < -0.3 is 5.11 Å². The van der Waals surface area contributed by atoms with Crippen molar-refractivity contribution < 1.29 is 9.90 Å². The largest absolute Gasteiger partial charge is 0.390 e. The van der Waals surface area contributed by atoms with Crippen molar-refractivity contribution in [2.75, 3.05) is 0 Å². The summed E-state index contributed by atoms with van der Waals surface area (Å²) in [4.78, 5) is 12.1. The van der Waals surface area contributed by atoms with Crippen molar-refractivity contribution in [2.24, 2.45) is 40.9 Å². The number of fused-ring (bicyclic) bond motifs is 5. The summed E-state index contributed by atoms with van der Waals surface area (Å²) in [5.74, 6) is 4.28. The van der Waals surface area contributed by atoms with Gasteiger partial charge in [-0.3, -0.25) is 4.79 Å². The number of carbonyl (C=O) groups excluding carboxylic acids is 1. The number of ketones is 1. The Morgan fingerprint density at radius 2 is 1.74 bits per heavy atom. The smallest absolute Gasteiger partial charge is 0.137 e. The number of hydrogen-bond acceptors (Lipinski definition) is 2. The second-order valence-corrected chi connectivity index (χ2v) is 9.61. The van der Waals surface area contributed by atoms with Gasteiger partial charge in [0.2, 0.25) is 0 Å². The predicted octanol–water partition coefficient (Wildman–Crippen LogP) is 4.37. The Balaban J connectivity index is 1.57. The number of Topliss-reactive ketones (excluding diaryl/α,β-unsaturated/α-hetero) is 1. The average molecular weight is 316 g/mol. The van der Waals surface area contributed by atoms with Gasteiger partial charge in [-0.15, -0.1) is 0 Å². The second kappa shape index (κ2) is 5.18. The average Bonchev–Trinajstić information content (AvgIpc) is 2.83. The lowest BCUT2D eigenvalue weighted by Gasteiger charge is -2.56. The lowest BCUT2D eigenvalue weighted by atomic mass is 9.48. The minimum absolute atomic E-state index is 0.151. The van der Waals surface area contributed by atoms with Crippen LogP contribution in [-0.2, 0) is 4.79 Å². The molecule has 0 unspecified atom stereocenters. The van der Waals surface area contributed by atoms with Crippen molar-refractivity contribution >= 4 is 5.78 Å². The van der Waals surface area contributed by atoms with Crippen LogP contribution in [-0.4, -0.2) is 16.5 Å². The SMILES string of the molecule is CC(=O)[C@H]1C=C[C@H]2[C@@H]3CC[C@@H]4C[C@](C)(O)CC[C@@H]4[C@H]3CC[C@]12C. The highest BCUT2D eigenvalue weighted by molar-refractivity contribution is 5.81. The molecule has 2 heteroatoms. The molecule has 0 amide bonds. The van der Waals surface area contributed by atoms with Gasteiger partial charge >= 0.3 is 0 Å². The summed E-state index contributed by atoms with van der Waals surface area (Å²) >= 11 is 0. The van der Waals surface area contributed by atoms with Crippen LogP contribution in [0, 0.1) is 40.9 Å². The van der Waals surface area contributed by atoms with Gasteiger partial charge in [-0.2, -0.15) is 0 Å². The van der Waals surface area contributed by atoms with Crippen LogP contribution >= 0.6 is 0 Å². The molecule has 3 fully saturated rings. The first-order valence-electron chi connectivity index (χ1n) is 9.73. The van der Waals surface area contributed by atoms with Crippen molar-refractivity contribution in [1.82, 2.24) is 0 Å². The third-order valence-corrected chi connectivity index (χ3v) is 8.19. The summed E-state index contributed by atoms with van der Waals surface area (Å²) in [5, 5.41) is 10.4. The highest BCUT2D eigenvalue weighted by atomic mass is 16.3. The lowest BCUT2D eigenvalue weighted by Crippen LogP contribution is -2.51. The quantitative estimate of drug-likeness (QED) is 0.729. The molecule has 4 rings (SSSR count). The highest BCUT2D eigenvalue weighted by Crippen LogP contribution is 2.62. The van der Waals surface area contributed by atoms with E-state index in [-0.39, 0.29) is 11.3 Å². The second-order valence-electron chi connectivity index (χ2n) is 9.61. The number of rotatable bonds is 1. The zero-order valence-electron chi connectivity index (χ0n) is 14.9. The Labute approximate surface area is 140 Å². The van der Waals surface area contributed by atoms with Gasteiger partial charge in [0.1, 0.15) is 5.78 Å². The molecule has 4 aliphatic rings. The molecule has 128 valence electrons. The van der Waals surface area contributed by atoms with Crippen LogP contribution in [0.15, 0.2) is 12.2 Å². The van der Waals surface area contributed by atoms with Crippen LogP contribution in [0.4, 0.5) is 0 Å². The molecule has 0 heterocycles. The van der Waals surface area contributed by atoms with Gasteiger partial charge in [-0.1, -0.05) is 19.1 Å².